The van der Waals surface area contributed by atoms with Gasteiger partial charge in [0.2, 0.25) is 0 Å². The molecule has 0 saturated carbocycles. The van der Waals surface area contributed by atoms with E-state index in [1.54, 1.807) is 23.1 Å². The molecule has 2 aromatic rings. The van der Waals surface area contributed by atoms with Gasteiger partial charge in [-0.15, -0.1) is 0 Å². The van der Waals surface area contributed by atoms with E-state index >= 15 is 0 Å². The summed E-state index contributed by atoms with van der Waals surface area (Å²) in [5, 5.41) is 10.2. The number of ether oxygens (including phenoxy) is 1. The second-order valence-electron chi connectivity index (χ2n) is 8.19. The molecule has 29 heavy (non-hydrogen) atoms. The molecule has 0 aromatic heterocycles. The van der Waals surface area contributed by atoms with E-state index in [-0.39, 0.29) is 18.3 Å². The predicted octanol–water partition coefficient (Wildman–Crippen LogP) is 3.63. The number of aromatic hydroxyl groups is 1. The van der Waals surface area contributed by atoms with Gasteiger partial charge in [-0.05, 0) is 57.0 Å². The molecule has 1 unspecified atom stereocenters. The molecule has 5 nitrogen and oxygen atoms in total. The average molecular weight is 398 g/mol. The zero-order valence-corrected chi connectivity index (χ0v) is 16.7. The molecule has 0 bridgehead atoms. The number of anilines is 1. The van der Waals surface area contributed by atoms with Gasteiger partial charge in [0.05, 0.1) is 12.1 Å². The fraction of sp³-hybridized carbons (Fsp3) is 0.435. The number of phenolic OH excluding ortho intramolecular Hbond substituents is 1. The Hall–Kier alpha value is -2.44. The number of likely N-dealkylation sites (tertiary alicyclic amines) is 1. The van der Waals surface area contributed by atoms with Crippen LogP contribution in [0.3, 0.4) is 0 Å². The highest BCUT2D eigenvalue weighted by Crippen LogP contribution is 2.33. The maximum Gasteiger partial charge on any atom is 0.253 e. The van der Waals surface area contributed by atoms with Crippen molar-refractivity contribution in [3.05, 3.63) is 59.4 Å². The van der Waals surface area contributed by atoms with Crippen molar-refractivity contribution in [2.45, 2.75) is 38.3 Å². The second kappa shape index (κ2) is 8.13. The first-order valence-corrected chi connectivity index (χ1v) is 10.1. The summed E-state index contributed by atoms with van der Waals surface area (Å²) in [4.78, 5) is 16.4. The van der Waals surface area contributed by atoms with Crippen molar-refractivity contribution in [2.24, 2.45) is 0 Å². The zero-order valence-electron chi connectivity index (χ0n) is 16.7. The molecule has 2 fully saturated rings. The molecule has 0 radical (unpaired) electrons. The smallest absolute Gasteiger partial charge is 0.253 e. The van der Waals surface area contributed by atoms with Gasteiger partial charge in [0.15, 0.2) is 0 Å². The van der Waals surface area contributed by atoms with Gasteiger partial charge in [0, 0.05) is 24.3 Å². The van der Waals surface area contributed by atoms with Gasteiger partial charge in [-0.2, -0.15) is 0 Å². The highest BCUT2D eigenvalue weighted by Gasteiger charge is 2.41. The molecule has 2 aliphatic heterocycles. The van der Waals surface area contributed by atoms with Crippen molar-refractivity contribution in [1.29, 1.82) is 0 Å². The van der Waals surface area contributed by atoms with Crippen molar-refractivity contribution in [2.75, 3.05) is 31.1 Å². The van der Waals surface area contributed by atoms with Crippen LogP contribution in [0.25, 0.3) is 0 Å². The molecule has 1 amide bonds. The summed E-state index contributed by atoms with van der Waals surface area (Å²) in [6.45, 7) is 4.91. The Morgan fingerprint density at radius 3 is 2.86 bits per heavy atom. The highest BCUT2D eigenvalue weighted by molar-refractivity contribution is 5.95. The summed E-state index contributed by atoms with van der Waals surface area (Å²) < 4.78 is 19.7. The number of nitrogens with zero attached hydrogens (tertiary/aromatic N) is 2. The number of benzene rings is 2. The monoisotopic (exact) mass is 398 g/mol. The molecule has 4 rings (SSSR count). The van der Waals surface area contributed by atoms with Crippen LogP contribution in [0.1, 0.15) is 30.4 Å². The van der Waals surface area contributed by atoms with Crippen LogP contribution in [0.5, 0.6) is 5.75 Å². The van der Waals surface area contributed by atoms with E-state index in [4.69, 9.17) is 4.74 Å². The van der Waals surface area contributed by atoms with Gasteiger partial charge in [0.1, 0.15) is 18.2 Å². The van der Waals surface area contributed by atoms with E-state index in [1.807, 2.05) is 19.1 Å². The van der Waals surface area contributed by atoms with E-state index < -0.39 is 5.60 Å². The lowest BCUT2D eigenvalue weighted by Crippen LogP contribution is -2.55. The molecule has 1 N–H and O–H groups in total. The van der Waals surface area contributed by atoms with Gasteiger partial charge >= 0.3 is 0 Å². The van der Waals surface area contributed by atoms with Crippen LogP contribution in [-0.2, 0) is 16.1 Å². The van der Waals surface area contributed by atoms with Crippen molar-refractivity contribution >= 4 is 11.6 Å². The van der Waals surface area contributed by atoms with E-state index in [9.17, 15) is 14.3 Å². The summed E-state index contributed by atoms with van der Waals surface area (Å²) in [5.74, 6) is -0.154. The standard InChI is InChI=1S/C23H27FN2O3/c1-17-6-7-21(27)18(12-17)14-25-10-3-8-23(9-11-25)16-26(22(28)15-29-23)20-5-2-4-19(24)13-20/h2,4-7,12-13,27H,3,8-11,14-16H2,1H3. The SMILES string of the molecule is Cc1ccc(O)c(CN2CCCC3(CC2)CN(c2cccc(F)c2)C(=O)CO3)c1. The average Bonchev–Trinajstić information content (AvgIpc) is 2.89. The van der Waals surface area contributed by atoms with Gasteiger partial charge < -0.3 is 14.7 Å². The zero-order chi connectivity index (χ0) is 20.4. The Kier molecular flexibility index (Phi) is 5.56. The minimum absolute atomic E-state index is 0.0230. The molecule has 1 spiro atoms. The summed E-state index contributed by atoms with van der Waals surface area (Å²) in [6.07, 6.45) is 2.58. The molecule has 154 valence electrons. The van der Waals surface area contributed by atoms with Crippen LogP contribution < -0.4 is 4.90 Å². The lowest BCUT2D eigenvalue weighted by atomic mass is 9.92. The van der Waals surface area contributed by atoms with Crippen molar-refractivity contribution in [3.63, 3.8) is 0 Å². The summed E-state index contributed by atoms with van der Waals surface area (Å²) in [6, 6.07) is 11.9. The van der Waals surface area contributed by atoms with E-state index in [0.717, 1.165) is 43.5 Å². The Morgan fingerprint density at radius 2 is 2.03 bits per heavy atom. The lowest BCUT2D eigenvalue weighted by Gasteiger charge is -2.42. The number of hydrogen-bond acceptors (Lipinski definition) is 4. The fourth-order valence-electron chi connectivity index (χ4n) is 4.36. The Balaban J connectivity index is 1.46. The molecule has 6 heteroatoms. The maximum absolute atomic E-state index is 13.7. The van der Waals surface area contributed by atoms with Crippen molar-refractivity contribution < 1.29 is 19.0 Å². The van der Waals surface area contributed by atoms with Crippen LogP contribution in [-0.4, -0.2) is 47.8 Å². The maximum atomic E-state index is 13.7. The molecule has 2 aliphatic rings. The third kappa shape index (κ3) is 4.43. The molecule has 2 heterocycles. The van der Waals surface area contributed by atoms with Crippen molar-refractivity contribution in [1.82, 2.24) is 4.90 Å². The Labute approximate surface area is 170 Å². The normalized spacial score (nSPS) is 23.4. The summed E-state index contributed by atoms with van der Waals surface area (Å²) in [5.41, 5.74) is 2.23. The number of halogens is 1. The Morgan fingerprint density at radius 1 is 1.17 bits per heavy atom. The van der Waals surface area contributed by atoms with Crippen LogP contribution in [0.15, 0.2) is 42.5 Å². The molecule has 2 saturated heterocycles. The first kappa shape index (κ1) is 19.9. The largest absolute Gasteiger partial charge is 0.508 e. The number of rotatable bonds is 3. The lowest BCUT2D eigenvalue weighted by molar-refractivity contribution is -0.140. The number of aryl methyl sites for hydroxylation is 1. The first-order valence-electron chi connectivity index (χ1n) is 10.1. The third-order valence-electron chi connectivity index (χ3n) is 5.99. The van der Waals surface area contributed by atoms with E-state index in [1.165, 1.54) is 12.1 Å². The van der Waals surface area contributed by atoms with Crippen LogP contribution in [0.4, 0.5) is 10.1 Å². The first-order chi connectivity index (χ1) is 13.9. The number of amides is 1. The quantitative estimate of drug-likeness (QED) is 0.858. The summed E-state index contributed by atoms with van der Waals surface area (Å²) >= 11 is 0. The number of carbonyl (C=O) groups excluding carboxylic acids is 1. The van der Waals surface area contributed by atoms with Gasteiger partial charge in [0.25, 0.3) is 5.91 Å². The van der Waals surface area contributed by atoms with E-state index in [0.29, 0.717) is 24.5 Å². The highest BCUT2D eigenvalue weighted by atomic mass is 19.1. The number of hydrogen-bond donors (Lipinski definition) is 1. The molecule has 0 aliphatic carbocycles. The van der Waals surface area contributed by atoms with Crippen LogP contribution in [0.2, 0.25) is 0 Å². The van der Waals surface area contributed by atoms with Crippen molar-refractivity contribution in [3.8, 4) is 5.75 Å². The van der Waals surface area contributed by atoms with Gasteiger partial charge in [-0.25, -0.2) is 4.39 Å². The predicted molar refractivity (Wildman–Crippen MR) is 109 cm³/mol. The van der Waals surface area contributed by atoms with Gasteiger partial charge in [-0.1, -0.05) is 23.8 Å². The van der Waals surface area contributed by atoms with Crippen LogP contribution >= 0.6 is 0 Å². The number of morpholine rings is 1. The molecule has 2 aromatic carbocycles. The summed E-state index contributed by atoms with van der Waals surface area (Å²) in [7, 11) is 0. The van der Waals surface area contributed by atoms with Crippen LogP contribution in [0, 0.1) is 12.7 Å². The number of phenols is 1. The minimum atomic E-state index is -0.413. The second-order valence-corrected chi connectivity index (χ2v) is 8.19. The number of carbonyl (C=O) groups is 1. The third-order valence-corrected chi connectivity index (χ3v) is 5.99. The topological polar surface area (TPSA) is 53.0 Å². The van der Waals surface area contributed by atoms with E-state index in [2.05, 4.69) is 4.90 Å². The fourth-order valence-corrected chi connectivity index (χ4v) is 4.36. The molecular weight excluding hydrogens is 371 g/mol. The molecular formula is C23H27FN2O3. The van der Waals surface area contributed by atoms with Gasteiger partial charge in [-0.3, -0.25) is 9.69 Å². The minimum Gasteiger partial charge on any atom is -0.508 e. The Bertz CT molecular complexity index is 903. The molecule has 1 atom stereocenters.